The molecule has 0 saturated heterocycles. The molecule has 19 heavy (non-hydrogen) atoms. The van der Waals surface area contributed by atoms with Gasteiger partial charge in [-0.2, -0.15) is 0 Å². The lowest BCUT2D eigenvalue weighted by atomic mass is 10.3. The molecule has 100 valence electrons. The molecule has 0 radical (unpaired) electrons. The summed E-state index contributed by atoms with van der Waals surface area (Å²) in [6.07, 6.45) is 3.41. The van der Waals surface area contributed by atoms with Crippen molar-refractivity contribution in [3.05, 3.63) is 52.5 Å². The summed E-state index contributed by atoms with van der Waals surface area (Å²) in [6.45, 7) is 4.24. The van der Waals surface area contributed by atoms with Crippen LogP contribution in [0.5, 0.6) is 5.75 Å². The normalized spacial score (nSPS) is 10.4. The Morgan fingerprint density at radius 1 is 1.26 bits per heavy atom. The van der Waals surface area contributed by atoms with Gasteiger partial charge < -0.3 is 10.1 Å². The van der Waals surface area contributed by atoms with E-state index in [-0.39, 0.29) is 0 Å². The monoisotopic (exact) mass is 321 g/mol. The van der Waals surface area contributed by atoms with Crippen molar-refractivity contribution in [3.8, 4) is 5.75 Å². The molecule has 2 aromatic rings. The van der Waals surface area contributed by atoms with Crippen LogP contribution in [0.1, 0.15) is 18.3 Å². The molecule has 0 aliphatic rings. The van der Waals surface area contributed by atoms with Crippen molar-refractivity contribution in [1.29, 1.82) is 0 Å². The van der Waals surface area contributed by atoms with Crippen LogP contribution >= 0.6 is 15.9 Å². The van der Waals surface area contributed by atoms with Crippen LogP contribution in [-0.4, -0.2) is 16.5 Å². The van der Waals surface area contributed by atoms with Gasteiger partial charge in [-0.05, 0) is 40.7 Å². The van der Waals surface area contributed by atoms with Gasteiger partial charge in [-0.25, -0.2) is 0 Å². The van der Waals surface area contributed by atoms with E-state index >= 15 is 0 Å². The fraction of sp³-hybridized carbons (Fsp3) is 0.286. The first-order valence-corrected chi connectivity index (χ1v) is 6.96. The molecular formula is C14H16BrN3O. The molecule has 0 atom stereocenters. The lowest BCUT2D eigenvalue weighted by Gasteiger charge is -2.07. The van der Waals surface area contributed by atoms with Crippen molar-refractivity contribution in [3.63, 3.8) is 0 Å². The Morgan fingerprint density at radius 3 is 2.89 bits per heavy atom. The smallest absolute Gasteiger partial charge is 0.139 e. The Morgan fingerprint density at radius 2 is 2.11 bits per heavy atom. The highest BCUT2D eigenvalue weighted by molar-refractivity contribution is 9.10. The number of pyridine rings is 2. The van der Waals surface area contributed by atoms with Crippen molar-refractivity contribution in [2.24, 2.45) is 0 Å². The second-order valence-electron chi connectivity index (χ2n) is 4.03. The van der Waals surface area contributed by atoms with Crippen LogP contribution in [0.25, 0.3) is 0 Å². The molecule has 2 rings (SSSR count). The van der Waals surface area contributed by atoms with Crippen LogP contribution in [-0.2, 0) is 13.2 Å². The van der Waals surface area contributed by atoms with Gasteiger partial charge in [-0.15, -0.1) is 0 Å². The highest BCUT2D eigenvalue weighted by Gasteiger charge is 2.00. The fourth-order valence-corrected chi connectivity index (χ4v) is 1.93. The largest absolute Gasteiger partial charge is 0.486 e. The van der Waals surface area contributed by atoms with Crippen molar-refractivity contribution in [2.75, 3.05) is 6.54 Å². The minimum Gasteiger partial charge on any atom is -0.486 e. The Hall–Kier alpha value is -1.46. The van der Waals surface area contributed by atoms with Crippen LogP contribution in [0.15, 0.2) is 41.1 Å². The summed E-state index contributed by atoms with van der Waals surface area (Å²) < 4.78 is 6.56. The van der Waals surface area contributed by atoms with Crippen molar-refractivity contribution >= 4 is 15.9 Å². The quantitative estimate of drug-likeness (QED) is 0.888. The number of ether oxygens (including phenoxy) is 1. The van der Waals surface area contributed by atoms with Crippen LogP contribution < -0.4 is 10.1 Å². The summed E-state index contributed by atoms with van der Waals surface area (Å²) in [5.41, 5.74) is 1.94. The third-order valence-corrected chi connectivity index (χ3v) is 2.92. The predicted molar refractivity (Wildman–Crippen MR) is 77.9 cm³/mol. The van der Waals surface area contributed by atoms with Crippen LogP contribution in [0.2, 0.25) is 0 Å². The van der Waals surface area contributed by atoms with Gasteiger partial charge >= 0.3 is 0 Å². The summed E-state index contributed by atoms with van der Waals surface area (Å²) >= 11 is 3.36. The van der Waals surface area contributed by atoms with E-state index in [0.717, 1.165) is 34.7 Å². The van der Waals surface area contributed by atoms with Gasteiger partial charge in [0, 0.05) is 17.2 Å². The average molecular weight is 322 g/mol. The summed E-state index contributed by atoms with van der Waals surface area (Å²) in [5, 5.41) is 3.25. The molecular weight excluding hydrogens is 306 g/mol. The molecule has 0 bridgehead atoms. The molecule has 4 nitrogen and oxygen atoms in total. The second kappa shape index (κ2) is 7.21. The molecule has 0 unspecified atom stereocenters. The highest BCUT2D eigenvalue weighted by Crippen LogP contribution is 2.16. The van der Waals surface area contributed by atoms with E-state index in [1.165, 1.54) is 0 Å². The number of rotatable bonds is 6. The minimum absolute atomic E-state index is 0.443. The first-order chi connectivity index (χ1) is 9.28. The zero-order chi connectivity index (χ0) is 13.5. The maximum Gasteiger partial charge on any atom is 0.139 e. The minimum atomic E-state index is 0.443. The second-order valence-corrected chi connectivity index (χ2v) is 4.94. The van der Waals surface area contributed by atoms with Gasteiger partial charge in [-0.3, -0.25) is 9.97 Å². The Kier molecular flexibility index (Phi) is 5.30. The van der Waals surface area contributed by atoms with E-state index < -0.39 is 0 Å². The number of nitrogens with zero attached hydrogens (tertiary/aromatic N) is 2. The van der Waals surface area contributed by atoms with Crippen LogP contribution in [0.4, 0.5) is 0 Å². The molecule has 2 heterocycles. The Balaban J connectivity index is 1.95. The molecule has 0 fully saturated rings. The zero-order valence-corrected chi connectivity index (χ0v) is 12.4. The highest BCUT2D eigenvalue weighted by atomic mass is 79.9. The summed E-state index contributed by atoms with van der Waals surface area (Å²) in [6, 6.07) is 7.85. The summed E-state index contributed by atoms with van der Waals surface area (Å²) in [5.74, 6) is 0.730. The maximum absolute atomic E-state index is 5.66. The number of nitrogens with one attached hydrogen (secondary N) is 1. The molecule has 5 heteroatoms. The number of aromatic nitrogens is 2. The summed E-state index contributed by atoms with van der Waals surface area (Å²) in [7, 11) is 0. The van der Waals surface area contributed by atoms with Crippen molar-refractivity contribution in [2.45, 2.75) is 20.1 Å². The van der Waals surface area contributed by atoms with E-state index in [0.29, 0.717) is 6.61 Å². The maximum atomic E-state index is 5.66. The lowest BCUT2D eigenvalue weighted by Crippen LogP contribution is -2.13. The van der Waals surface area contributed by atoms with E-state index in [1.807, 2.05) is 24.3 Å². The molecule has 1 N–H and O–H groups in total. The molecule has 0 aliphatic heterocycles. The standard InChI is InChI=1S/C14H16BrN3O/c1-2-16-8-12-4-3-5-13(18-12)10-19-14-6-11(15)7-17-9-14/h3-7,9,16H,2,8,10H2,1H3. The van der Waals surface area contributed by atoms with Crippen molar-refractivity contribution in [1.82, 2.24) is 15.3 Å². The van der Waals surface area contributed by atoms with Crippen molar-refractivity contribution < 1.29 is 4.74 Å². The SMILES string of the molecule is CCNCc1cccc(COc2cncc(Br)c2)n1. The number of hydrogen-bond acceptors (Lipinski definition) is 4. The molecule has 0 spiro atoms. The first-order valence-electron chi connectivity index (χ1n) is 6.17. The average Bonchev–Trinajstić information content (AvgIpc) is 2.43. The summed E-state index contributed by atoms with van der Waals surface area (Å²) in [4.78, 5) is 8.58. The Bertz CT molecular complexity index is 534. The molecule has 2 aromatic heterocycles. The topological polar surface area (TPSA) is 47.0 Å². The number of hydrogen-bond donors (Lipinski definition) is 1. The lowest BCUT2D eigenvalue weighted by molar-refractivity contribution is 0.299. The molecule has 0 aromatic carbocycles. The Labute approximate surface area is 121 Å². The molecule has 0 aliphatic carbocycles. The van der Waals surface area contributed by atoms with Gasteiger partial charge in [0.15, 0.2) is 0 Å². The van der Waals surface area contributed by atoms with Gasteiger partial charge in [0.1, 0.15) is 12.4 Å². The van der Waals surface area contributed by atoms with Gasteiger partial charge in [0.2, 0.25) is 0 Å². The van der Waals surface area contributed by atoms with Crippen LogP contribution in [0.3, 0.4) is 0 Å². The van der Waals surface area contributed by atoms with Crippen LogP contribution in [0, 0.1) is 0 Å². The van der Waals surface area contributed by atoms with Gasteiger partial charge in [0.25, 0.3) is 0 Å². The van der Waals surface area contributed by atoms with E-state index in [1.54, 1.807) is 12.4 Å². The van der Waals surface area contributed by atoms with Gasteiger partial charge in [-0.1, -0.05) is 13.0 Å². The zero-order valence-electron chi connectivity index (χ0n) is 10.8. The predicted octanol–water partition coefficient (Wildman–Crippen LogP) is 2.93. The molecule has 0 saturated carbocycles. The molecule has 0 amide bonds. The van der Waals surface area contributed by atoms with Gasteiger partial charge in [0.05, 0.1) is 17.6 Å². The third-order valence-electron chi connectivity index (χ3n) is 2.49. The van der Waals surface area contributed by atoms with E-state index in [9.17, 15) is 0 Å². The fourth-order valence-electron chi connectivity index (χ4n) is 1.59. The van der Waals surface area contributed by atoms with E-state index in [4.69, 9.17) is 4.74 Å². The first kappa shape index (κ1) is 14.0. The number of halogens is 1. The third kappa shape index (κ3) is 4.61. The van der Waals surface area contributed by atoms with E-state index in [2.05, 4.69) is 38.1 Å².